The zero-order valence-electron chi connectivity index (χ0n) is 14.7. The third-order valence-corrected chi connectivity index (χ3v) is 5.10. The van der Waals surface area contributed by atoms with Gasteiger partial charge in [0.2, 0.25) is 5.91 Å². The molecule has 2 aromatic rings. The number of halogens is 2. The molecule has 0 bridgehead atoms. The van der Waals surface area contributed by atoms with Gasteiger partial charge in [-0.05, 0) is 31.5 Å². The Balaban J connectivity index is 2.10. The van der Waals surface area contributed by atoms with Gasteiger partial charge >= 0.3 is 0 Å². The third-order valence-electron chi connectivity index (χ3n) is 3.68. The van der Waals surface area contributed by atoms with Crippen LogP contribution in [0, 0.1) is 6.92 Å². The number of carbonyl (C=O) groups is 2. The normalized spacial score (nSPS) is 10.6. The van der Waals surface area contributed by atoms with Crippen molar-refractivity contribution in [2.45, 2.75) is 33.1 Å². The van der Waals surface area contributed by atoms with Crippen LogP contribution < -0.4 is 5.32 Å². The maximum absolute atomic E-state index is 12.9. The second-order valence-corrected chi connectivity index (χ2v) is 7.60. The highest BCUT2D eigenvalue weighted by Crippen LogP contribution is 2.23. The van der Waals surface area contributed by atoms with Crippen molar-refractivity contribution in [1.82, 2.24) is 9.88 Å². The van der Waals surface area contributed by atoms with E-state index in [1.165, 1.54) is 22.3 Å². The van der Waals surface area contributed by atoms with Crippen LogP contribution in [0.4, 0.5) is 5.13 Å². The monoisotopic (exact) mass is 413 g/mol. The zero-order valence-corrected chi connectivity index (χ0v) is 17.0. The summed E-state index contributed by atoms with van der Waals surface area (Å²) in [5.74, 6) is -0.567. The van der Waals surface area contributed by atoms with E-state index in [0.29, 0.717) is 22.3 Å². The molecular weight excluding hydrogens is 393 g/mol. The summed E-state index contributed by atoms with van der Waals surface area (Å²) in [7, 11) is 0. The molecular formula is C18H21Cl2N3O2S. The Morgan fingerprint density at radius 1 is 1.27 bits per heavy atom. The minimum atomic E-state index is -0.284. The lowest BCUT2D eigenvalue weighted by molar-refractivity contribution is -0.116. The van der Waals surface area contributed by atoms with Gasteiger partial charge in [-0.25, -0.2) is 4.98 Å². The summed E-state index contributed by atoms with van der Waals surface area (Å²) >= 11 is 13.4. The molecule has 8 heteroatoms. The molecule has 0 unspecified atom stereocenters. The van der Waals surface area contributed by atoms with Crippen molar-refractivity contribution >= 4 is 51.5 Å². The van der Waals surface area contributed by atoms with E-state index in [0.717, 1.165) is 25.0 Å². The molecule has 1 heterocycles. The number of rotatable bonds is 8. The molecule has 0 radical (unpaired) electrons. The van der Waals surface area contributed by atoms with Gasteiger partial charge in [-0.1, -0.05) is 43.0 Å². The highest BCUT2D eigenvalue weighted by Gasteiger charge is 2.21. The van der Waals surface area contributed by atoms with Crippen molar-refractivity contribution in [1.29, 1.82) is 0 Å². The number of aromatic nitrogens is 1. The summed E-state index contributed by atoms with van der Waals surface area (Å²) < 4.78 is 0. The number of nitrogens with zero attached hydrogens (tertiary/aromatic N) is 2. The van der Waals surface area contributed by atoms with Crippen molar-refractivity contribution in [2.75, 3.05) is 18.4 Å². The van der Waals surface area contributed by atoms with E-state index in [2.05, 4.69) is 17.2 Å². The molecule has 0 aliphatic carbocycles. The molecule has 26 heavy (non-hydrogen) atoms. The lowest BCUT2D eigenvalue weighted by Crippen LogP contribution is -2.38. The Hall–Kier alpha value is -1.63. The molecule has 0 spiro atoms. The summed E-state index contributed by atoms with van der Waals surface area (Å²) in [6.45, 7) is 4.37. The summed E-state index contributed by atoms with van der Waals surface area (Å²) in [4.78, 5) is 30.9. The number of hydrogen-bond donors (Lipinski definition) is 1. The Morgan fingerprint density at radius 2 is 2.04 bits per heavy atom. The van der Waals surface area contributed by atoms with Gasteiger partial charge in [-0.2, -0.15) is 0 Å². The predicted octanol–water partition coefficient (Wildman–Crippen LogP) is 5.03. The van der Waals surface area contributed by atoms with Gasteiger partial charge in [0.1, 0.15) is 6.54 Å². The minimum absolute atomic E-state index is 0.0554. The number of nitrogens with one attached hydrogen (secondary N) is 1. The highest BCUT2D eigenvalue weighted by molar-refractivity contribution is 7.13. The zero-order chi connectivity index (χ0) is 19.1. The second-order valence-electron chi connectivity index (χ2n) is 5.90. The fourth-order valence-corrected chi connectivity index (χ4v) is 3.58. The lowest BCUT2D eigenvalue weighted by atomic mass is 10.1. The third kappa shape index (κ3) is 5.97. The molecule has 1 N–H and O–H groups in total. The molecule has 0 saturated heterocycles. The van der Waals surface area contributed by atoms with Crippen molar-refractivity contribution in [3.8, 4) is 0 Å². The first kappa shape index (κ1) is 20.7. The molecule has 0 aliphatic heterocycles. The van der Waals surface area contributed by atoms with Crippen molar-refractivity contribution in [2.24, 2.45) is 0 Å². The summed E-state index contributed by atoms with van der Waals surface area (Å²) in [6, 6.07) is 4.73. The number of aryl methyl sites for hydroxylation is 1. The average molecular weight is 414 g/mol. The molecule has 140 valence electrons. The number of anilines is 1. The van der Waals surface area contributed by atoms with E-state index in [9.17, 15) is 9.59 Å². The van der Waals surface area contributed by atoms with Gasteiger partial charge in [0, 0.05) is 16.9 Å². The van der Waals surface area contributed by atoms with Crippen LogP contribution in [0.25, 0.3) is 0 Å². The summed E-state index contributed by atoms with van der Waals surface area (Å²) in [6.07, 6.45) is 2.82. The average Bonchev–Trinajstić information content (AvgIpc) is 2.98. The van der Waals surface area contributed by atoms with Gasteiger partial charge in [0.15, 0.2) is 5.13 Å². The van der Waals surface area contributed by atoms with E-state index < -0.39 is 0 Å². The molecule has 0 aliphatic rings. The Labute approximate surface area is 167 Å². The topological polar surface area (TPSA) is 62.3 Å². The molecule has 0 fully saturated rings. The number of unbranched alkanes of at least 4 members (excludes halogenated alkanes) is 2. The van der Waals surface area contributed by atoms with Gasteiger partial charge in [-0.15, -0.1) is 11.3 Å². The molecule has 0 atom stereocenters. The Bertz CT molecular complexity index is 780. The van der Waals surface area contributed by atoms with E-state index in [1.807, 2.05) is 12.3 Å². The summed E-state index contributed by atoms with van der Waals surface area (Å²) in [5, 5.41) is 5.85. The maximum Gasteiger partial charge on any atom is 0.255 e. The van der Waals surface area contributed by atoms with Crippen LogP contribution in [0.3, 0.4) is 0 Å². The van der Waals surface area contributed by atoms with Crippen LogP contribution in [0.2, 0.25) is 10.0 Å². The molecule has 1 aromatic heterocycles. The van der Waals surface area contributed by atoms with E-state index in [4.69, 9.17) is 23.2 Å². The Kier molecular flexibility index (Phi) is 7.87. The van der Waals surface area contributed by atoms with Crippen LogP contribution in [0.1, 0.15) is 42.2 Å². The van der Waals surface area contributed by atoms with E-state index in [1.54, 1.807) is 12.1 Å². The number of hydrogen-bond acceptors (Lipinski definition) is 4. The van der Waals surface area contributed by atoms with Gasteiger partial charge in [0.25, 0.3) is 5.91 Å². The number of amides is 2. The van der Waals surface area contributed by atoms with Crippen molar-refractivity contribution in [3.63, 3.8) is 0 Å². The highest BCUT2D eigenvalue weighted by atomic mass is 35.5. The number of carbonyl (C=O) groups excluding carboxylic acids is 2. The predicted molar refractivity (Wildman–Crippen MR) is 107 cm³/mol. The van der Waals surface area contributed by atoms with E-state index in [-0.39, 0.29) is 23.4 Å². The van der Waals surface area contributed by atoms with Crippen molar-refractivity contribution < 1.29 is 9.59 Å². The number of thiazole rings is 1. The Morgan fingerprint density at radius 3 is 2.65 bits per heavy atom. The fourth-order valence-electron chi connectivity index (χ4n) is 2.38. The van der Waals surface area contributed by atoms with Crippen LogP contribution in [0.15, 0.2) is 23.6 Å². The van der Waals surface area contributed by atoms with E-state index >= 15 is 0 Å². The second kappa shape index (κ2) is 9.90. The van der Waals surface area contributed by atoms with Crippen LogP contribution in [-0.4, -0.2) is 34.8 Å². The van der Waals surface area contributed by atoms with Gasteiger partial charge in [0.05, 0.1) is 16.3 Å². The lowest BCUT2D eigenvalue weighted by Gasteiger charge is -2.22. The standard InChI is InChI=1S/C18H21Cl2N3O2S/c1-3-4-5-8-23(10-16(24)22-18-21-12(2)11-26-18)17(25)14-7-6-13(19)9-15(14)20/h6-7,9,11H,3-5,8,10H2,1-2H3,(H,21,22,24). The van der Waals surface area contributed by atoms with Crippen LogP contribution in [-0.2, 0) is 4.79 Å². The molecule has 0 saturated carbocycles. The fraction of sp³-hybridized carbons (Fsp3) is 0.389. The molecule has 1 aromatic carbocycles. The first-order valence-electron chi connectivity index (χ1n) is 8.37. The molecule has 5 nitrogen and oxygen atoms in total. The number of benzene rings is 1. The van der Waals surface area contributed by atoms with Gasteiger partial charge in [-0.3, -0.25) is 9.59 Å². The quantitative estimate of drug-likeness (QED) is 0.617. The molecule has 2 rings (SSSR count). The SMILES string of the molecule is CCCCCN(CC(=O)Nc1nc(C)cs1)C(=O)c1ccc(Cl)cc1Cl. The molecule has 2 amide bonds. The first-order valence-corrected chi connectivity index (χ1v) is 10.0. The first-order chi connectivity index (χ1) is 12.4. The summed E-state index contributed by atoms with van der Waals surface area (Å²) in [5.41, 5.74) is 1.18. The van der Waals surface area contributed by atoms with Crippen LogP contribution in [0.5, 0.6) is 0 Å². The largest absolute Gasteiger partial charge is 0.329 e. The van der Waals surface area contributed by atoms with Gasteiger partial charge < -0.3 is 10.2 Å². The van der Waals surface area contributed by atoms with Crippen molar-refractivity contribution in [3.05, 3.63) is 44.9 Å². The van der Waals surface area contributed by atoms with Crippen LogP contribution >= 0.6 is 34.5 Å². The maximum atomic E-state index is 12.9. The smallest absolute Gasteiger partial charge is 0.255 e. The minimum Gasteiger partial charge on any atom is -0.329 e.